The van der Waals surface area contributed by atoms with Gasteiger partial charge in [-0.3, -0.25) is 4.79 Å². The Bertz CT molecular complexity index is 842. The Morgan fingerprint density at radius 3 is 2.19 bits per heavy atom. The number of carbonyl (C=O) groups is 1. The summed E-state index contributed by atoms with van der Waals surface area (Å²) in [5.41, 5.74) is 0.807. The van der Waals surface area contributed by atoms with Crippen molar-refractivity contribution in [1.29, 1.82) is 0 Å². The van der Waals surface area contributed by atoms with E-state index in [-0.39, 0.29) is 5.11 Å². The van der Waals surface area contributed by atoms with Crippen LogP contribution in [0.1, 0.15) is 10.4 Å². The highest BCUT2D eigenvalue weighted by molar-refractivity contribution is 14.1. The average Bonchev–Trinajstić information content (AvgIpc) is 2.57. The van der Waals surface area contributed by atoms with Gasteiger partial charge >= 0.3 is 0 Å². The Kier molecular flexibility index (Phi) is 8.54. The number of carbonyl (C=O) groups excluding carboxylic acids is 1. The minimum Gasteiger partial charge on any atom is -0.339 e. The van der Waals surface area contributed by atoms with Crippen LogP contribution in [0.25, 0.3) is 0 Å². The number of nitrogens with one attached hydrogen (secondary N) is 3. The van der Waals surface area contributed by atoms with E-state index in [1.807, 2.05) is 6.07 Å². The fraction of sp³-hybridized carbons (Fsp3) is 0.125. The molecular weight excluding hydrogens is 586 g/mol. The van der Waals surface area contributed by atoms with Crippen molar-refractivity contribution < 1.29 is 4.79 Å². The molecule has 0 heterocycles. The predicted octanol–water partition coefficient (Wildman–Crippen LogP) is 6.01. The number of hydrogen-bond donors (Lipinski definition) is 3. The first-order valence-corrected chi connectivity index (χ1v) is 10.6. The summed E-state index contributed by atoms with van der Waals surface area (Å²) in [6.07, 6.45) is -1.12. The van der Waals surface area contributed by atoms with Gasteiger partial charge in [0.05, 0.1) is 15.7 Å². The van der Waals surface area contributed by atoms with E-state index < -0.39 is 15.9 Å². The smallest absolute Gasteiger partial charge is 0.253 e. The van der Waals surface area contributed by atoms with E-state index in [9.17, 15) is 4.79 Å². The van der Waals surface area contributed by atoms with Gasteiger partial charge in [0.1, 0.15) is 6.17 Å². The third-order valence-corrected chi connectivity index (χ3v) is 5.34. The van der Waals surface area contributed by atoms with E-state index in [2.05, 4.69) is 38.5 Å². The Labute approximate surface area is 200 Å². The molecule has 0 saturated heterocycles. The average molecular weight is 598 g/mol. The van der Waals surface area contributed by atoms with Crippen molar-refractivity contribution in [3.8, 4) is 0 Å². The fourth-order valence-corrected chi connectivity index (χ4v) is 3.52. The summed E-state index contributed by atoms with van der Waals surface area (Å²) in [7, 11) is 0. The number of rotatable bonds is 4. The number of anilines is 1. The van der Waals surface area contributed by atoms with Crippen LogP contribution in [0.15, 0.2) is 42.5 Å². The van der Waals surface area contributed by atoms with E-state index in [0.717, 1.165) is 3.57 Å². The van der Waals surface area contributed by atoms with Crippen molar-refractivity contribution >= 4 is 110 Å². The second-order valence-electron chi connectivity index (χ2n) is 5.15. The second kappa shape index (κ2) is 10.0. The minimum absolute atomic E-state index is 0.0595. The van der Waals surface area contributed by atoms with Crippen LogP contribution in [-0.4, -0.2) is 21.0 Å². The molecule has 0 aromatic heterocycles. The summed E-state index contributed by atoms with van der Waals surface area (Å²) in [5.74, 6) is -0.434. The fourth-order valence-electron chi connectivity index (χ4n) is 1.94. The van der Waals surface area contributed by atoms with Crippen molar-refractivity contribution in [2.24, 2.45) is 0 Å². The topological polar surface area (TPSA) is 53.2 Å². The summed E-state index contributed by atoms with van der Waals surface area (Å²) in [5, 5.41) is 8.97. The maximum Gasteiger partial charge on any atom is 0.253 e. The monoisotopic (exact) mass is 595 g/mol. The lowest BCUT2D eigenvalue weighted by molar-refractivity contribution is 0.0934. The molecule has 144 valence electrons. The molecule has 0 radical (unpaired) electrons. The lowest BCUT2D eigenvalue weighted by Crippen LogP contribution is -2.56. The van der Waals surface area contributed by atoms with Crippen molar-refractivity contribution in [3.63, 3.8) is 0 Å². The molecule has 2 aromatic rings. The molecule has 0 aliphatic rings. The quantitative estimate of drug-likeness (QED) is 0.175. The molecule has 1 amide bonds. The Morgan fingerprint density at radius 1 is 1.04 bits per heavy atom. The maximum absolute atomic E-state index is 12.5. The summed E-state index contributed by atoms with van der Waals surface area (Å²) >= 11 is 37.5. The molecule has 0 aliphatic carbocycles. The molecule has 27 heavy (non-hydrogen) atoms. The van der Waals surface area contributed by atoms with E-state index in [4.69, 9.17) is 70.2 Å². The van der Waals surface area contributed by atoms with Gasteiger partial charge in [-0.2, -0.15) is 0 Å². The van der Waals surface area contributed by atoms with Crippen LogP contribution in [-0.2, 0) is 0 Å². The van der Waals surface area contributed by atoms with E-state index in [1.54, 1.807) is 36.4 Å². The van der Waals surface area contributed by atoms with Crippen LogP contribution in [0.4, 0.5) is 5.69 Å². The highest BCUT2D eigenvalue weighted by atomic mass is 127. The van der Waals surface area contributed by atoms with Crippen molar-refractivity contribution in [3.05, 3.63) is 61.6 Å². The number of benzene rings is 2. The molecule has 2 aromatic carbocycles. The minimum atomic E-state index is -1.88. The zero-order valence-corrected chi connectivity index (χ0v) is 20.0. The van der Waals surface area contributed by atoms with Crippen LogP contribution >= 0.6 is 92.8 Å². The highest BCUT2D eigenvalue weighted by Gasteiger charge is 2.35. The van der Waals surface area contributed by atoms with Gasteiger partial charge in [0.25, 0.3) is 5.91 Å². The largest absolute Gasteiger partial charge is 0.339 e. The number of para-hydroxylation sites is 1. The standard InChI is InChI=1S/C16H11Cl5IN3OS/c17-10-5-2-6-11(18)12(10)23-15(27)25-14(16(19,20)21)24-13(26)8-3-1-4-9(22)7-8/h1-7,14H,(H,24,26)(H2,23,25,27)/t14-/m1/s1. The normalized spacial score (nSPS) is 12.2. The van der Waals surface area contributed by atoms with Crippen molar-refractivity contribution in [2.45, 2.75) is 9.96 Å². The molecule has 4 nitrogen and oxygen atoms in total. The number of halogens is 6. The van der Waals surface area contributed by atoms with Gasteiger partial charge in [-0.15, -0.1) is 0 Å². The molecule has 0 unspecified atom stereocenters. The summed E-state index contributed by atoms with van der Waals surface area (Å²) in [4.78, 5) is 12.5. The van der Waals surface area contributed by atoms with E-state index >= 15 is 0 Å². The molecule has 3 N–H and O–H groups in total. The van der Waals surface area contributed by atoms with Crippen molar-refractivity contribution in [1.82, 2.24) is 10.6 Å². The molecule has 0 bridgehead atoms. The van der Waals surface area contributed by atoms with E-state index in [0.29, 0.717) is 21.3 Å². The van der Waals surface area contributed by atoms with Gasteiger partial charge in [-0.25, -0.2) is 0 Å². The lowest BCUT2D eigenvalue weighted by Gasteiger charge is -2.28. The van der Waals surface area contributed by atoms with Crippen LogP contribution in [0.2, 0.25) is 10.0 Å². The second-order valence-corrected chi connectivity index (χ2v) is 9.99. The number of hydrogen-bond acceptors (Lipinski definition) is 2. The molecule has 11 heteroatoms. The Balaban J connectivity index is 2.12. The molecular formula is C16H11Cl5IN3OS. The highest BCUT2D eigenvalue weighted by Crippen LogP contribution is 2.31. The molecule has 2 rings (SSSR count). The summed E-state index contributed by atoms with van der Waals surface area (Å²) < 4.78 is -0.989. The van der Waals surface area contributed by atoms with Gasteiger partial charge in [-0.1, -0.05) is 70.1 Å². The summed E-state index contributed by atoms with van der Waals surface area (Å²) in [6, 6.07) is 11.9. The predicted molar refractivity (Wildman–Crippen MR) is 127 cm³/mol. The molecule has 0 aliphatic heterocycles. The molecule has 0 fully saturated rings. The number of amides is 1. The van der Waals surface area contributed by atoms with Crippen LogP contribution in [0.3, 0.4) is 0 Å². The van der Waals surface area contributed by atoms with Crippen LogP contribution < -0.4 is 16.0 Å². The zero-order valence-electron chi connectivity index (χ0n) is 13.2. The first-order chi connectivity index (χ1) is 12.6. The van der Waals surface area contributed by atoms with Gasteiger partial charge < -0.3 is 16.0 Å². The zero-order chi connectivity index (χ0) is 20.2. The Hall–Kier alpha value is -0.220. The first-order valence-electron chi connectivity index (χ1n) is 7.22. The SMILES string of the molecule is O=C(N[C@H](NC(=S)Nc1c(Cl)cccc1Cl)C(Cl)(Cl)Cl)c1cccc(I)c1. The van der Waals surface area contributed by atoms with Crippen molar-refractivity contribution in [2.75, 3.05) is 5.32 Å². The summed E-state index contributed by atoms with van der Waals surface area (Å²) in [6.45, 7) is 0. The number of thiocarbonyl (C=S) groups is 1. The third kappa shape index (κ3) is 6.96. The van der Waals surface area contributed by atoms with Gasteiger partial charge in [0, 0.05) is 9.13 Å². The third-order valence-electron chi connectivity index (χ3n) is 3.17. The van der Waals surface area contributed by atoms with E-state index in [1.165, 1.54) is 0 Å². The lowest BCUT2D eigenvalue weighted by atomic mass is 10.2. The first kappa shape index (κ1) is 23.1. The molecule has 0 spiro atoms. The number of alkyl halides is 3. The van der Waals surface area contributed by atoms with Gasteiger partial charge in [0.2, 0.25) is 3.79 Å². The maximum atomic E-state index is 12.5. The van der Waals surface area contributed by atoms with Crippen LogP contribution in [0, 0.1) is 3.57 Å². The molecule has 1 atom stereocenters. The van der Waals surface area contributed by atoms with Crippen LogP contribution in [0.5, 0.6) is 0 Å². The Morgan fingerprint density at radius 2 is 1.63 bits per heavy atom. The van der Waals surface area contributed by atoms with Gasteiger partial charge in [-0.05, 0) is 65.1 Å². The van der Waals surface area contributed by atoms with Gasteiger partial charge in [0.15, 0.2) is 5.11 Å². The molecule has 0 saturated carbocycles.